The van der Waals surface area contributed by atoms with Crippen molar-refractivity contribution in [1.82, 2.24) is 14.5 Å². The topological polar surface area (TPSA) is 144 Å². The third-order valence-corrected chi connectivity index (χ3v) is 7.93. The van der Waals surface area contributed by atoms with Gasteiger partial charge in [-0.3, -0.25) is 14.4 Å². The Bertz CT molecular complexity index is 1200. The van der Waals surface area contributed by atoms with Crippen LogP contribution in [0.1, 0.15) is 37.2 Å². The van der Waals surface area contributed by atoms with E-state index in [0.717, 1.165) is 10.5 Å². The Morgan fingerprint density at radius 3 is 2.71 bits per heavy atom. The molecule has 2 fully saturated rings. The summed E-state index contributed by atoms with van der Waals surface area (Å²) in [6, 6.07) is 3.08. The Hall–Kier alpha value is -3.25. The van der Waals surface area contributed by atoms with Crippen molar-refractivity contribution in [1.29, 1.82) is 0 Å². The van der Waals surface area contributed by atoms with Crippen LogP contribution in [0.5, 0.6) is 0 Å². The lowest BCUT2D eigenvalue weighted by Crippen LogP contribution is -2.53. The van der Waals surface area contributed by atoms with Gasteiger partial charge < -0.3 is 19.8 Å². The van der Waals surface area contributed by atoms with Crippen LogP contribution in [0.25, 0.3) is 0 Å². The Morgan fingerprint density at radius 2 is 2.06 bits per heavy atom. The molecule has 12 heteroatoms. The lowest BCUT2D eigenvalue weighted by molar-refractivity contribution is -0.607. The van der Waals surface area contributed by atoms with E-state index in [9.17, 15) is 28.0 Å². The molecule has 0 spiro atoms. The number of amides is 2. The van der Waals surface area contributed by atoms with Gasteiger partial charge in [0.15, 0.2) is 23.9 Å². The summed E-state index contributed by atoms with van der Waals surface area (Å²) in [5, 5.41) is 14.3. The number of ketones is 1. The average Bonchev–Trinajstić information content (AvgIpc) is 3.51. The second kappa shape index (κ2) is 9.18. The van der Waals surface area contributed by atoms with Crippen LogP contribution in [-0.2, 0) is 19.6 Å². The van der Waals surface area contributed by atoms with Gasteiger partial charge in [0.05, 0.1) is 18.8 Å². The van der Waals surface area contributed by atoms with Gasteiger partial charge in [-0.25, -0.2) is 8.42 Å². The standard InChI is InChI=1S/C22H26N4O7S/c1-14(2)11-16(23-21(28)19-6-4-10-33-19)22(29)25-9-7-17-20(25)18(27)13-26(17)34(31,32)15-5-3-8-24(30)12-15/h3-6,8,10,12,14,16-17,20H,7,9,11,13H2,1-2H3,(H,23,28). The highest BCUT2D eigenvalue weighted by molar-refractivity contribution is 7.89. The summed E-state index contributed by atoms with van der Waals surface area (Å²) in [7, 11) is -4.11. The molecule has 182 valence electrons. The van der Waals surface area contributed by atoms with Crippen LogP contribution in [0.2, 0.25) is 0 Å². The van der Waals surface area contributed by atoms with Gasteiger partial charge in [0, 0.05) is 12.6 Å². The van der Waals surface area contributed by atoms with Gasteiger partial charge in [0.25, 0.3) is 5.91 Å². The molecule has 2 amide bonds. The fourth-order valence-electron chi connectivity index (χ4n) is 4.59. The number of likely N-dealkylation sites (tertiary alicyclic amines) is 1. The fraction of sp³-hybridized carbons (Fsp3) is 0.455. The zero-order chi connectivity index (χ0) is 24.6. The van der Waals surface area contributed by atoms with Crippen molar-refractivity contribution in [2.45, 2.75) is 49.7 Å². The summed E-state index contributed by atoms with van der Waals surface area (Å²) in [6.45, 7) is 3.60. The summed E-state index contributed by atoms with van der Waals surface area (Å²) in [6.07, 6.45) is 4.06. The molecular formula is C22H26N4O7S. The molecule has 0 aliphatic carbocycles. The van der Waals surface area contributed by atoms with E-state index in [2.05, 4.69) is 5.32 Å². The zero-order valence-corrected chi connectivity index (χ0v) is 19.6. The number of carbonyl (C=O) groups excluding carboxylic acids is 3. The highest BCUT2D eigenvalue weighted by atomic mass is 32.2. The first-order chi connectivity index (χ1) is 16.1. The quantitative estimate of drug-likeness (QED) is 0.434. The SMILES string of the molecule is CC(C)CC(NC(=O)c1ccco1)C(=O)N1CCC2C1C(=O)CN2S(=O)(=O)c1ccc[n+]([O-])c1. The monoisotopic (exact) mass is 490 g/mol. The van der Waals surface area contributed by atoms with Crippen LogP contribution in [-0.4, -0.2) is 66.4 Å². The number of furan rings is 1. The van der Waals surface area contributed by atoms with E-state index in [1.54, 1.807) is 6.07 Å². The van der Waals surface area contributed by atoms with Crippen molar-refractivity contribution in [2.24, 2.45) is 5.92 Å². The molecule has 4 rings (SSSR count). The Morgan fingerprint density at radius 1 is 1.29 bits per heavy atom. The number of nitrogens with zero attached hydrogens (tertiary/aromatic N) is 3. The van der Waals surface area contributed by atoms with Crippen LogP contribution in [0.15, 0.2) is 52.2 Å². The summed E-state index contributed by atoms with van der Waals surface area (Å²) in [4.78, 5) is 40.0. The Kier molecular flexibility index (Phi) is 6.45. The average molecular weight is 491 g/mol. The molecule has 11 nitrogen and oxygen atoms in total. The molecule has 3 unspecified atom stereocenters. The van der Waals surface area contributed by atoms with E-state index in [1.807, 2.05) is 13.8 Å². The molecule has 2 saturated heterocycles. The van der Waals surface area contributed by atoms with Crippen molar-refractivity contribution in [3.05, 3.63) is 53.9 Å². The minimum Gasteiger partial charge on any atom is -0.619 e. The number of Topliss-reactive ketones (excluding diaryl/α,β-unsaturated/α-hetero) is 1. The number of carbonyl (C=O) groups is 3. The van der Waals surface area contributed by atoms with Gasteiger partial charge in [-0.1, -0.05) is 13.8 Å². The van der Waals surface area contributed by atoms with E-state index in [1.165, 1.54) is 35.6 Å². The molecule has 0 saturated carbocycles. The number of sulfonamides is 1. The number of aromatic nitrogens is 1. The molecule has 2 aromatic rings. The summed E-state index contributed by atoms with van der Waals surface area (Å²) in [5.74, 6) is -1.25. The molecule has 2 aliphatic rings. The molecule has 0 bridgehead atoms. The first-order valence-electron chi connectivity index (χ1n) is 11.0. The smallest absolute Gasteiger partial charge is 0.287 e. The zero-order valence-electron chi connectivity index (χ0n) is 18.8. The molecular weight excluding hydrogens is 464 g/mol. The highest BCUT2D eigenvalue weighted by Gasteiger charge is 2.54. The Balaban J connectivity index is 1.56. The van der Waals surface area contributed by atoms with Crippen LogP contribution < -0.4 is 10.0 Å². The predicted octanol–water partition coefficient (Wildman–Crippen LogP) is 0.301. The first-order valence-corrected chi connectivity index (χ1v) is 12.4. The van der Waals surface area contributed by atoms with Crippen LogP contribution in [0.3, 0.4) is 0 Å². The molecule has 1 N–H and O–H groups in total. The largest absolute Gasteiger partial charge is 0.619 e. The maximum absolute atomic E-state index is 13.5. The van der Waals surface area contributed by atoms with Crippen molar-refractivity contribution >= 4 is 27.6 Å². The maximum Gasteiger partial charge on any atom is 0.287 e. The van der Waals surface area contributed by atoms with Crippen LogP contribution in [0, 0.1) is 11.1 Å². The lowest BCUT2D eigenvalue weighted by atomic mass is 10.0. The van der Waals surface area contributed by atoms with E-state index < -0.39 is 45.7 Å². The minimum atomic E-state index is -4.11. The van der Waals surface area contributed by atoms with Crippen molar-refractivity contribution < 1.29 is 31.9 Å². The highest BCUT2D eigenvalue weighted by Crippen LogP contribution is 2.34. The molecule has 4 heterocycles. The predicted molar refractivity (Wildman–Crippen MR) is 118 cm³/mol. The van der Waals surface area contributed by atoms with E-state index >= 15 is 0 Å². The van der Waals surface area contributed by atoms with Gasteiger partial charge in [-0.05, 0) is 37.0 Å². The third-order valence-electron chi connectivity index (χ3n) is 6.07. The van der Waals surface area contributed by atoms with Crippen LogP contribution >= 0.6 is 0 Å². The number of nitrogens with one attached hydrogen (secondary N) is 1. The molecule has 2 aliphatic heterocycles. The first kappa shape index (κ1) is 23.9. The number of rotatable bonds is 7. The second-order valence-electron chi connectivity index (χ2n) is 8.88. The molecule has 34 heavy (non-hydrogen) atoms. The fourth-order valence-corrected chi connectivity index (χ4v) is 6.23. The van der Waals surface area contributed by atoms with E-state index in [-0.39, 0.29) is 36.1 Å². The molecule has 0 aromatic carbocycles. The van der Waals surface area contributed by atoms with Gasteiger partial charge in [-0.15, -0.1) is 0 Å². The summed E-state index contributed by atoms with van der Waals surface area (Å²) < 4.78 is 32.9. The van der Waals surface area contributed by atoms with Crippen molar-refractivity contribution in [3.8, 4) is 0 Å². The van der Waals surface area contributed by atoms with E-state index in [4.69, 9.17) is 4.42 Å². The number of pyridine rings is 1. The van der Waals surface area contributed by atoms with Gasteiger partial charge >= 0.3 is 0 Å². The lowest BCUT2D eigenvalue weighted by Gasteiger charge is -2.29. The number of hydrogen-bond donors (Lipinski definition) is 1. The normalized spacial score (nSPS) is 21.6. The second-order valence-corrected chi connectivity index (χ2v) is 10.8. The van der Waals surface area contributed by atoms with Gasteiger partial charge in [0.1, 0.15) is 17.0 Å². The number of fused-ring (bicyclic) bond motifs is 1. The van der Waals surface area contributed by atoms with Gasteiger partial charge in [-0.2, -0.15) is 9.04 Å². The molecule has 3 atom stereocenters. The summed E-state index contributed by atoms with van der Waals surface area (Å²) in [5.41, 5.74) is 0. The van der Waals surface area contributed by atoms with Crippen LogP contribution in [0.4, 0.5) is 0 Å². The summed E-state index contributed by atoms with van der Waals surface area (Å²) >= 11 is 0. The molecule has 0 radical (unpaired) electrons. The van der Waals surface area contributed by atoms with Gasteiger partial charge in [0.2, 0.25) is 15.9 Å². The van der Waals surface area contributed by atoms with E-state index in [0.29, 0.717) is 11.2 Å². The Labute approximate surface area is 197 Å². The molecule has 2 aromatic heterocycles. The maximum atomic E-state index is 13.5. The van der Waals surface area contributed by atoms with Crippen molar-refractivity contribution in [3.63, 3.8) is 0 Å². The minimum absolute atomic E-state index is 0.0635. The number of hydrogen-bond acceptors (Lipinski definition) is 7. The third kappa shape index (κ3) is 4.42. The van der Waals surface area contributed by atoms with Crippen molar-refractivity contribution in [2.75, 3.05) is 13.1 Å².